The molecule has 0 fully saturated rings. The Hall–Kier alpha value is -2.05. The van der Waals surface area contributed by atoms with E-state index in [0.29, 0.717) is 12.3 Å². The number of nitrogens with zero attached hydrogens (tertiary/aromatic N) is 2. The van der Waals surface area contributed by atoms with Gasteiger partial charge in [0.1, 0.15) is 0 Å². The number of aromatic nitrogens is 2. The lowest BCUT2D eigenvalue weighted by atomic mass is 10.1. The highest BCUT2D eigenvalue weighted by Gasteiger charge is 2.19. The molecule has 0 saturated carbocycles. The van der Waals surface area contributed by atoms with Gasteiger partial charge in [0.05, 0.1) is 12.1 Å². The molecule has 0 amide bonds. The SMILES string of the molecule is C[C@H](NC[C@@H](O)c1ccc2c(c1)OCO2)[C@@H](C)n1cccn1. The first kappa shape index (κ1) is 14.9. The summed E-state index contributed by atoms with van der Waals surface area (Å²) in [5, 5.41) is 17.9. The molecular formula is C16H21N3O3. The fourth-order valence-electron chi connectivity index (χ4n) is 2.46. The minimum Gasteiger partial charge on any atom is -0.454 e. The zero-order valence-electron chi connectivity index (χ0n) is 12.8. The summed E-state index contributed by atoms with van der Waals surface area (Å²) in [6.07, 6.45) is 3.11. The van der Waals surface area contributed by atoms with Crippen LogP contribution in [0.1, 0.15) is 31.6 Å². The van der Waals surface area contributed by atoms with E-state index < -0.39 is 6.10 Å². The Balaban J connectivity index is 1.56. The van der Waals surface area contributed by atoms with Gasteiger partial charge in [-0.05, 0) is 37.6 Å². The Morgan fingerprint density at radius 2 is 2.14 bits per heavy atom. The average molecular weight is 303 g/mol. The maximum absolute atomic E-state index is 10.3. The minimum atomic E-state index is -0.596. The Kier molecular flexibility index (Phi) is 4.31. The Morgan fingerprint density at radius 1 is 1.32 bits per heavy atom. The molecule has 1 aliphatic rings. The predicted octanol–water partition coefficient (Wildman–Crippen LogP) is 1.88. The lowest BCUT2D eigenvalue weighted by Gasteiger charge is -2.23. The van der Waals surface area contributed by atoms with Crippen LogP contribution in [0.3, 0.4) is 0 Å². The van der Waals surface area contributed by atoms with Crippen molar-refractivity contribution in [2.24, 2.45) is 0 Å². The molecular weight excluding hydrogens is 282 g/mol. The lowest BCUT2D eigenvalue weighted by Crippen LogP contribution is -2.36. The molecule has 6 nitrogen and oxygen atoms in total. The molecule has 0 spiro atoms. The zero-order chi connectivity index (χ0) is 15.5. The Labute approximate surface area is 129 Å². The molecule has 3 atom stereocenters. The van der Waals surface area contributed by atoms with Crippen LogP contribution < -0.4 is 14.8 Å². The average Bonchev–Trinajstić information content (AvgIpc) is 3.21. The largest absolute Gasteiger partial charge is 0.454 e. The third kappa shape index (κ3) is 3.08. The van der Waals surface area contributed by atoms with Gasteiger partial charge >= 0.3 is 0 Å². The predicted molar refractivity (Wildman–Crippen MR) is 81.9 cm³/mol. The van der Waals surface area contributed by atoms with E-state index in [1.54, 1.807) is 6.20 Å². The van der Waals surface area contributed by atoms with Crippen molar-refractivity contribution in [3.8, 4) is 11.5 Å². The van der Waals surface area contributed by atoms with Crippen molar-refractivity contribution in [2.75, 3.05) is 13.3 Å². The molecule has 0 saturated heterocycles. The van der Waals surface area contributed by atoms with Crippen LogP contribution in [-0.2, 0) is 0 Å². The summed E-state index contributed by atoms with van der Waals surface area (Å²) in [6.45, 7) is 4.88. The fourth-order valence-corrected chi connectivity index (χ4v) is 2.46. The van der Waals surface area contributed by atoms with Crippen molar-refractivity contribution >= 4 is 0 Å². The van der Waals surface area contributed by atoms with Crippen molar-refractivity contribution in [2.45, 2.75) is 32.0 Å². The van der Waals surface area contributed by atoms with Crippen molar-refractivity contribution < 1.29 is 14.6 Å². The van der Waals surface area contributed by atoms with Gasteiger partial charge in [-0.1, -0.05) is 6.07 Å². The maximum atomic E-state index is 10.3. The smallest absolute Gasteiger partial charge is 0.231 e. The lowest BCUT2D eigenvalue weighted by molar-refractivity contribution is 0.164. The zero-order valence-corrected chi connectivity index (χ0v) is 12.8. The molecule has 1 aromatic carbocycles. The van der Waals surface area contributed by atoms with Gasteiger partial charge in [-0.25, -0.2) is 0 Å². The summed E-state index contributed by atoms with van der Waals surface area (Å²) in [4.78, 5) is 0. The molecule has 0 unspecified atom stereocenters. The molecule has 6 heteroatoms. The van der Waals surface area contributed by atoms with E-state index in [1.807, 2.05) is 35.1 Å². The molecule has 1 aliphatic heterocycles. The van der Waals surface area contributed by atoms with Crippen LogP contribution in [0.25, 0.3) is 0 Å². The third-order valence-corrected chi connectivity index (χ3v) is 4.08. The molecule has 2 aromatic rings. The minimum absolute atomic E-state index is 0.184. The van der Waals surface area contributed by atoms with Crippen molar-refractivity contribution in [3.63, 3.8) is 0 Å². The highest BCUT2D eigenvalue weighted by Crippen LogP contribution is 2.34. The van der Waals surface area contributed by atoms with E-state index in [-0.39, 0.29) is 18.9 Å². The molecule has 0 aliphatic carbocycles. The van der Waals surface area contributed by atoms with Gasteiger partial charge in [0.2, 0.25) is 6.79 Å². The maximum Gasteiger partial charge on any atom is 0.231 e. The highest BCUT2D eigenvalue weighted by atomic mass is 16.7. The molecule has 22 heavy (non-hydrogen) atoms. The van der Waals surface area contributed by atoms with E-state index in [2.05, 4.69) is 24.3 Å². The molecule has 1 aromatic heterocycles. The number of nitrogens with one attached hydrogen (secondary N) is 1. The second-order valence-corrected chi connectivity index (χ2v) is 5.55. The first-order valence-electron chi connectivity index (χ1n) is 7.45. The van der Waals surface area contributed by atoms with Gasteiger partial charge in [-0.3, -0.25) is 4.68 Å². The van der Waals surface area contributed by atoms with Crippen LogP contribution in [0.2, 0.25) is 0 Å². The summed E-state index contributed by atoms with van der Waals surface area (Å²) in [7, 11) is 0. The summed E-state index contributed by atoms with van der Waals surface area (Å²) in [5.74, 6) is 1.42. The number of hydrogen-bond acceptors (Lipinski definition) is 5. The van der Waals surface area contributed by atoms with Crippen molar-refractivity contribution in [3.05, 3.63) is 42.2 Å². The topological polar surface area (TPSA) is 68.5 Å². The monoisotopic (exact) mass is 303 g/mol. The number of rotatable bonds is 6. The van der Waals surface area contributed by atoms with E-state index in [0.717, 1.165) is 11.3 Å². The number of ether oxygens (including phenoxy) is 2. The van der Waals surface area contributed by atoms with Crippen LogP contribution in [0, 0.1) is 0 Å². The van der Waals surface area contributed by atoms with E-state index in [4.69, 9.17) is 9.47 Å². The summed E-state index contributed by atoms with van der Waals surface area (Å²) >= 11 is 0. The van der Waals surface area contributed by atoms with Gasteiger partial charge in [-0.2, -0.15) is 5.10 Å². The first-order valence-corrected chi connectivity index (χ1v) is 7.45. The second-order valence-electron chi connectivity index (χ2n) is 5.55. The molecule has 0 radical (unpaired) electrons. The van der Waals surface area contributed by atoms with Gasteiger partial charge in [0.25, 0.3) is 0 Å². The molecule has 0 bridgehead atoms. The highest BCUT2D eigenvalue weighted by molar-refractivity contribution is 5.45. The van der Waals surface area contributed by atoms with Crippen LogP contribution >= 0.6 is 0 Å². The Morgan fingerprint density at radius 3 is 2.91 bits per heavy atom. The normalized spacial score (nSPS) is 17.2. The molecule has 3 rings (SSSR count). The summed E-state index contributed by atoms with van der Waals surface area (Å²) in [6, 6.07) is 7.82. The van der Waals surface area contributed by atoms with E-state index in [1.165, 1.54) is 0 Å². The van der Waals surface area contributed by atoms with Crippen LogP contribution in [0.15, 0.2) is 36.7 Å². The Bertz CT molecular complexity index is 615. The van der Waals surface area contributed by atoms with Gasteiger partial charge in [0.15, 0.2) is 11.5 Å². The van der Waals surface area contributed by atoms with Crippen LogP contribution in [0.5, 0.6) is 11.5 Å². The first-order chi connectivity index (χ1) is 10.6. The summed E-state index contributed by atoms with van der Waals surface area (Å²) < 4.78 is 12.5. The quantitative estimate of drug-likeness (QED) is 0.853. The van der Waals surface area contributed by atoms with Crippen LogP contribution in [0.4, 0.5) is 0 Å². The van der Waals surface area contributed by atoms with Crippen molar-refractivity contribution in [1.29, 1.82) is 0 Å². The van der Waals surface area contributed by atoms with E-state index >= 15 is 0 Å². The molecule has 2 N–H and O–H groups in total. The molecule has 118 valence electrons. The standard InChI is InChI=1S/C16H21N3O3/c1-11(12(2)19-7-3-6-18-19)17-9-14(20)13-4-5-15-16(8-13)22-10-21-15/h3-8,11-12,14,17,20H,9-10H2,1-2H3/t11-,12+,14+/m0/s1. The second kappa shape index (κ2) is 6.37. The third-order valence-electron chi connectivity index (χ3n) is 4.08. The fraction of sp³-hybridized carbons (Fsp3) is 0.438. The van der Waals surface area contributed by atoms with Crippen LogP contribution in [-0.4, -0.2) is 34.3 Å². The van der Waals surface area contributed by atoms with E-state index in [9.17, 15) is 5.11 Å². The number of fused-ring (bicyclic) bond motifs is 1. The number of aliphatic hydroxyl groups is 1. The number of hydrogen-bond donors (Lipinski definition) is 2. The van der Waals surface area contributed by atoms with Gasteiger partial charge in [-0.15, -0.1) is 0 Å². The van der Waals surface area contributed by atoms with Crippen molar-refractivity contribution in [1.82, 2.24) is 15.1 Å². The summed E-state index contributed by atoms with van der Waals surface area (Å²) in [5.41, 5.74) is 0.815. The van der Waals surface area contributed by atoms with Gasteiger partial charge < -0.3 is 19.9 Å². The number of benzene rings is 1. The number of aliphatic hydroxyl groups excluding tert-OH is 1. The van der Waals surface area contributed by atoms with Gasteiger partial charge in [0, 0.05) is 25.0 Å². The molecule has 2 heterocycles.